The van der Waals surface area contributed by atoms with E-state index in [9.17, 15) is 4.79 Å². The van der Waals surface area contributed by atoms with E-state index in [0.29, 0.717) is 11.5 Å². The summed E-state index contributed by atoms with van der Waals surface area (Å²) >= 11 is 0. The van der Waals surface area contributed by atoms with Gasteiger partial charge in [0.15, 0.2) is 11.5 Å². The molecular weight excluding hydrogens is 304 g/mol. The van der Waals surface area contributed by atoms with Crippen LogP contribution in [0, 0.1) is 0 Å². The van der Waals surface area contributed by atoms with E-state index in [1.165, 1.54) is 0 Å². The fourth-order valence-electron chi connectivity index (χ4n) is 2.47. The molecule has 0 saturated heterocycles. The number of hydrogen-bond acceptors (Lipinski definition) is 3. The van der Waals surface area contributed by atoms with Crippen molar-refractivity contribution < 1.29 is 14.3 Å². The molecule has 2 unspecified atom stereocenters. The molecule has 0 aliphatic heterocycles. The van der Waals surface area contributed by atoms with Crippen LogP contribution >= 0.6 is 0 Å². The number of methoxy groups -OCH3 is 2. The first-order valence-corrected chi connectivity index (χ1v) is 7.89. The van der Waals surface area contributed by atoms with Crippen LogP contribution in [0.4, 0.5) is 4.79 Å². The van der Waals surface area contributed by atoms with E-state index in [4.69, 9.17) is 9.47 Å². The van der Waals surface area contributed by atoms with Crippen molar-refractivity contribution in [1.82, 2.24) is 10.6 Å². The fraction of sp³-hybridized carbons (Fsp3) is 0.316. The van der Waals surface area contributed by atoms with Gasteiger partial charge in [0.1, 0.15) is 0 Å². The first kappa shape index (κ1) is 17.7. The maximum absolute atomic E-state index is 12.2. The number of ether oxygens (including phenoxy) is 2. The third-order valence-corrected chi connectivity index (χ3v) is 3.90. The topological polar surface area (TPSA) is 59.6 Å². The van der Waals surface area contributed by atoms with Crippen LogP contribution in [0.25, 0.3) is 0 Å². The van der Waals surface area contributed by atoms with E-state index in [1.54, 1.807) is 14.2 Å². The third kappa shape index (κ3) is 4.41. The molecule has 2 N–H and O–H groups in total. The van der Waals surface area contributed by atoms with Crippen molar-refractivity contribution in [3.05, 3.63) is 59.7 Å². The van der Waals surface area contributed by atoms with Crippen molar-refractivity contribution in [2.75, 3.05) is 14.2 Å². The first-order valence-electron chi connectivity index (χ1n) is 7.89. The molecule has 2 atom stereocenters. The average molecular weight is 328 g/mol. The first-order chi connectivity index (χ1) is 11.5. The summed E-state index contributed by atoms with van der Waals surface area (Å²) in [7, 11) is 3.19. The number of amides is 2. The van der Waals surface area contributed by atoms with Crippen LogP contribution < -0.4 is 20.1 Å². The summed E-state index contributed by atoms with van der Waals surface area (Å²) in [5.41, 5.74) is 2.00. The van der Waals surface area contributed by atoms with E-state index < -0.39 is 0 Å². The largest absolute Gasteiger partial charge is 0.493 e. The van der Waals surface area contributed by atoms with Gasteiger partial charge in [-0.1, -0.05) is 36.4 Å². The Morgan fingerprint density at radius 2 is 1.42 bits per heavy atom. The number of carbonyl (C=O) groups is 1. The zero-order chi connectivity index (χ0) is 17.5. The highest BCUT2D eigenvalue weighted by Gasteiger charge is 2.14. The van der Waals surface area contributed by atoms with Crippen LogP contribution in [-0.2, 0) is 0 Å². The Bertz CT molecular complexity index is 674. The second-order valence-electron chi connectivity index (χ2n) is 5.59. The van der Waals surface area contributed by atoms with Gasteiger partial charge in [0, 0.05) is 0 Å². The highest BCUT2D eigenvalue weighted by atomic mass is 16.5. The van der Waals surface area contributed by atoms with Crippen molar-refractivity contribution in [2.45, 2.75) is 25.9 Å². The SMILES string of the molecule is COc1ccc(C(C)NC(=O)NC(C)c2ccccc2)cc1OC. The molecule has 128 valence electrons. The molecule has 0 spiro atoms. The van der Waals surface area contributed by atoms with Gasteiger partial charge in [-0.25, -0.2) is 4.79 Å². The van der Waals surface area contributed by atoms with Gasteiger partial charge < -0.3 is 20.1 Å². The lowest BCUT2D eigenvalue weighted by atomic mass is 10.1. The zero-order valence-corrected chi connectivity index (χ0v) is 14.5. The van der Waals surface area contributed by atoms with Gasteiger partial charge in [-0.05, 0) is 37.1 Å². The number of hydrogen-bond donors (Lipinski definition) is 2. The smallest absolute Gasteiger partial charge is 0.315 e. The Kier molecular flexibility index (Phi) is 6.07. The Morgan fingerprint density at radius 1 is 0.833 bits per heavy atom. The third-order valence-electron chi connectivity index (χ3n) is 3.90. The van der Waals surface area contributed by atoms with Crippen LogP contribution in [0.1, 0.15) is 37.1 Å². The van der Waals surface area contributed by atoms with Crippen molar-refractivity contribution in [3.8, 4) is 11.5 Å². The molecule has 0 aromatic heterocycles. The predicted octanol–water partition coefficient (Wildman–Crippen LogP) is 3.83. The summed E-state index contributed by atoms with van der Waals surface area (Å²) in [5, 5.41) is 5.88. The van der Waals surface area contributed by atoms with Gasteiger partial charge in [-0.15, -0.1) is 0 Å². The number of benzene rings is 2. The van der Waals surface area contributed by atoms with Crippen molar-refractivity contribution in [3.63, 3.8) is 0 Å². The lowest BCUT2D eigenvalue weighted by Gasteiger charge is -2.19. The highest BCUT2D eigenvalue weighted by Crippen LogP contribution is 2.29. The molecule has 0 heterocycles. The van der Waals surface area contributed by atoms with Crippen molar-refractivity contribution >= 4 is 6.03 Å². The predicted molar refractivity (Wildman–Crippen MR) is 94.5 cm³/mol. The minimum absolute atomic E-state index is 0.0659. The van der Waals surface area contributed by atoms with Crippen molar-refractivity contribution in [1.29, 1.82) is 0 Å². The maximum Gasteiger partial charge on any atom is 0.315 e. The van der Waals surface area contributed by atoms with E-state index in [2.05, 4.69) is 10.6 Å². The van der Waals surface area contributed by atoms with E-state index in [1.807, 2.05) is 62.4 Å². The second-order valence-corrected chi connectivity index (χ2v) is 5.59. The molecule has 2 aromatic carbocycles. The van der Waals surface area contributed by atoms with Gasteiger partial charge in [0.05, 0.1) is 26.3 Å². The molecule has 0 aliphatic carbocycles. The minimum Gasteiger partial charge on any atom is -0.493 e. The Balaban J connectivity index is 1.98. The summed E-state index contributed by atoms with van der Waals surface area (Å²) in [6, 6.07) is 15.0. The molecule has 2 amide bonds. The Hall–Kier alpha value is -2.69. The van der Waals surface area contributed by atoms with E-state index >= 15 is 0 Å². The molecule has 2 rings (SSSR count). The van der Waals surface area contributed by atoms with Gasteiger partial charge in [0.25, 0.3) is 0 Å². The van der Waals surface area contributed by atoms with Crippen LogP contribution in [0.2, 0.25) is 0 Å². The number of carbonyl (C=O) groups excluding carboxylic acids is 1. The van der Waals surface area contributed by atoms with E-state index in [0.717, 1.165) is 11.1 Å². The summed E-state index contributed by atoms with van der Waals surface area (Å²) < 4.78 is 10.5. The Morgan fingerprint density at radius 3 is 2.00 bits per heavy atom. The molecule has 5 nitrogen and oxygen atoms in total. The van der Waals surface area contributed by atoms with Crippen LogP contribution in [-0.4, -0.2) is 20.3 Å². The van der Waals surface area contributed by atoms with Crippen LogP contribution in [0.5, 0.6) is 11.5 Å². The van der Waals surface area contributed by atoms with Gasteiger partial charge in [-0.3, -0.25) is 0 Å². The summed E-state index contributed by atoms with van der Waals surface area (Å²) in [6.45, 7) is 3.88. The Labute approximate surface area is 143 Å². The standard InChI is InChI=1S/C19H24N2O3/c1-13(15-8-6-5-7-9-15)20-19(22)21-14(2)16-10-11-17(23-3)18(12-16)24-4/h5-14H,1-4H3,(H2,20,21,22). The minimum atomic E-state index is -0.214. The van der Waals surface area contributed by atoms with Gasteiger partial charge in [0.2, 0.25) is 0 Å². The second kappa shape index (κ2) is 8.24. The number of urea groups is 1. The maximum atomic E-state index is 12.2. The van der Waals surface area contributed by atoms with Crippen LogP contribution in [0.3, 0.4) is 0 Å². The fourth-order valence-corrected chi connectivity index (χ4v) is 2.47. The molecule has 24 heavy (non-hydrogen) atoms. The van der Waals surface area contributed by atoms with Gasteiger partial charge >= 0.3 is 6.03 Å². The molecule has 0 aliphatic rings. The molecule has 0 fully saturated rings. The summed E-state index contributed by atoms with van der Waals surface area (Å²) in [5.74, 6) is 1.30. The molecule has 0 bridgehead atoms. The lowest BCUT2D eigenvalue weighted by Crippen LogP contribution is -2.38. The molecule has 0 radical (unpaired) electrons. The summed E-state index contributed by atoms with van der Waals surface area (Å²) in [6.07, 6.45) is 0. The van der Waals surface area contributed by atoms with Crippen LogP contribution in [0.15, 0.2) is 48.5 Å². The molecule has 0 saturated carbocycles. The highest BCUT2D eigenvalue weighted by molar-refractivity contribution is 5.75. The molecular formula is C19H24N2O3. The number of rotatable bonds is 6. The quantitative estimate of drug-likeness (QED) is 0.847. The lowest BCUT2D eigenvalue weighted by molar-refractivity contribution is 0.235. The molecule has 5 heteroatoms. The van der Waals surface area contributed by atoms with E-state index in [-0.39, 0.29) is 18.1 Å². The normalized spacial score (nSPS) is 12.8. The van der Waals surface area contributed by atoms with Gasteiger partial charge in [-0.2, -0.15) is 0 Å². The zero-order valence-electron chi connectivity index (χ0n) is 14.5. The summed E-state index contributed by atoms with van der Waals surface area (Å²) in [4.78, 5) is 12.2. The van der Waals surface area contributed by atoms with Crippen molar-refractivity contribution in [2.24, 2.45) is 0 Å². The number of nitrogens with one attached hydrogen (secondary N) is 2. The average Bonchev–Trinajstić information content (AvgIpc) is 2.61. The molecule has 2 aromatic rings. The monoisotopic (exact) mass is 328 g/mol.